The maximum atomic E-state index is 11.0. The first-order valence-corrected chi connectivity index (χ1v) is 5.03. The van der Waals surface area contributed by atoms with Gasteiger partial charge in [0, 0.05) is 12.5 Å². The van der Waals surface area contributed by atoms with Crippen LogP contribution in [0, 0.1) is 0 Å². The Labute approximate surface area is 96.2 Å². The molecule has 0 saturated carbocycles. The van der Waals surface area contributed by atoms with Crippen molar-refractivity contribution in [1.82, 2.24) is 0 Å². The normalized spacial score (nSPS) is 14.3. The van der Waals surface area contributed by atoms with Crippen LogP contribution in [0.2, 0.25) is 5.02 Å². The third kappa shape index (κ3) is 1.74. The van der Waals surface area contributed by atoms with Crippen molar-refractivity contribution in [2.75, 3.05) is 13.2 Å². The van der Waals surface area contributed by atoms with Gasteiger partial charge in [-0.2, -0.15) is 0 Å². The van der Waals surface area contributed by atoms with Crippen LogP contribution in [0.3, 0.4) is 0 Å². The molecule has 0 fully saturated rings. The van der Waals surface area contributed by atoms with Crippen molar-refractivity contribution in [2.24, 2.45) is 0 Å². The summed E-state index contributed by atoms with van der Waals surface area (Å²) in [4.78, 5) is 11.0. The topological polar surface area (TPSA) is 76.0 Å². The van der Waals surface area contributed by atoms with Gasteiger partial charge in [-0.3, -0.25) is 0 Å². The van der Waals surface area contributed by atoms with Gasteiger partial charge >= 0.3 is 5.97 Å². The molecule has 0 aliphatic carbocycles. The van der Waals surface area contributed by atoms with Crippen molar-refractivity contribution in [3.8, 4) is 17.2 Å². The van der Waals surface area contributed by atoms with Crippen LogP contribution in [0.4, 0.5) is 0 Å². The van der Waals surface area contributed by atoms with Gasteiger partial charge in [0.25, 0.3) is 0 Å². The van der Waals surface area contributed by atoms with E-state index in [2.05, 4.69) is 0 Å². The molecule has 2 rings (SSSR count). The molecule has 0 aromatic heterocycles. The van der Waals surface area contributed by atoms with E-state index in [4.69, 9.17) is 26.2 Å². The summed E-state index contributed by atoms with van der Waals surface area (Å²) in [6, 6.07) is 1.35. The maximum Gasteiger partial charge on any atom is 0.343 e. The number of carbonyl (C=O) groups is 1. The average Bonchev–Trinajstić information content (AvgIpc) is 2.44. The van der Waals surface area contributed by atoms with Crippen molar-refractivity contribution in [2.45, 2.75) is 6.42 Å². The second-order valence-electron chi connectivity index (χ2n) is 3.26. The van der Waals surface area contributed by atoms with Crippen molar-refractivity contribution in [3.63, 3.8) is 0 Å². The fraction of sp³-hybridized carbons (Fsp3) is 0.300. The number of phenols is 1. The van der Waals surface area contributed by atoms with Crippen LogP contribution in [0.5, 0.6) is 17.2 Å². The van der Waals surface area contributed by atoms with Gasteiger partial charge in [0.05, 0.1) is 18.2 Å². The third-order valence-corrected chi connectivity index (χ3v) is 2.47. The highest BCUT2D eigenvalue weighted by Gasteiger charge is 2.25. The largest absolute Gasteiger partial charge is 0.505 e. The number of carboxylic acids is 1. The Balaban J connectivity index is 2.65. The van der Waals surface area contributed by atoms with Crippen LogP contribution in [-0.4, -0.2) is 29.4 Å². The first-order valence-electron chi connectivity index (χ1n) is 4.65. The predicted molar refractivity (Wildman–Crippen MR) is 55.7 cm³/mol. The van der Waals surface area contributed by atoms with E-state index >= 15 is 0 Å². The zero-order valence-corrected chi connectivity index (χ0v) is 8.95. The first kappa shape index (κ1) is 10.9. The number of rotatable bonds is 1. The van der Waals surface area contributed by atoms with E-state index in [1.54, 1.807) is 0 Å². The molecule has 0 spiro atoms. The molecule has 0 atom stereocenters. The SMILES string of the molecule is O=C(O)c1c(O)c(Cl)cc2c1OCCCO2. The van der Waals surface area contributed by atoms with E-state index in [0.29, 0.717) is 19.6 Å². The molecule has 0 saturated heterocycles. The van der Waals surface area contributed by atoms with E-state index in [9.17, 15) is 9.90 Å². The van der Waals surface area contributed by atoms with Crippen molar-refractivity contribution >= 4 is 17.6 Å². The lowest BCUT2D eigenvalue weighted by Crippen LogP contribution is -2.04. The summed E-state index contributed by atoms with van der Waals surface area (Å²) in [6.45, 7) is 0.765. The molecule has 0 radical (unpaired) electrons. The fourth-order valence-electron chi connectivity index (χ4n) is 1.46. The molecule has 0 unspecified atom stereocenters. The number of carboxylic acid groups (broad SMARTS) is 1. The van der Waals surface area contributed by atoms with E-state index in [1.807, 2.05) is 0 Å². The van der Waals surface area contributed by atoms with E-state index in [1.165, 1.54) is 6.07 Å². The van der Waals surface area contributed by atoms with Gasteiger partial charge in [-0.05, 0) is 0 Å². The van der Waals surface area contributed by atoms with E-state index in [0.717, 1.165) is 0 Å². The average molecular weight is 245 g/mol. The van der Waals surface area contributed by atoms with Crippen LogP contribution in [0.25, 0.3) is 0 Å². The predicted octanol–water partition coefficient (Wildman–Crippen LogP) is 1.91. The molecule has 1 aliphatic rings. The number of fused-ring (bicyclic) bond motifs is 1. The zero-order valence-electron chi connectivity index (χ0n) is 8.20. The monoisotopic (exact) mass is 244 g/mol. The Morgan fingerprint density at radius 2 is 2.06 bits per heavy atom. The molecule has 1 aromatic carbocycles. The molecule has 5 nitrogen and oxygen atoms in total. The van der Waals surface area contributed by atoms with Gasteiger partial charge in [-0.25, -0.2) is 4.79 Å². The number of aromatic carboxylic acids is 1. The number of ether oxygens (including phenoxy) is 2. The number of hydrogen-bond acceptors (Lipinski definition) is 4. The number of halogens is 1. The van der Waals surface area contributed by atoms with Gasteiger partial charge in [0.2, 0.25) is 0 Å². The van der Waals surface area contributed by atoms with Crippen molar-refractivity contribution in [1.29, 1.82) is 0 Å². The minimum Gasteiger partial charge on any atom is -0.505 e. The summed E-state index contributed by atoms with van der Waals surface area (Å²) >= 11 is 5.70. The van der Waals surface area contributed by atoms with E-state index < -0.39 is 11.7 Å². The van der Waals surface area contributed by atoms with Crippen LogP contribution < -0.4 is 9.47 Å². The third-order valence-electron chi connectivity index (χ3n) is 2.18. The first-order chi connectivity index (χ1) is 7.61. The molecule has 0 amide bonds. The summed E-state index contributed by atoms with van der Waals surface area (Å²) in [6.07, 6.45) is 0.645. The lowest BCUT2D eigenvalue weighted by molar-refractivity contribution is 0.0688. The van der Waals surface area contributed by atoms with Gasteiger partial charge in [-0.15, -0.1) is 0 Å². The number of hydrogen-bond donors (Lipinski definition) is 2. The molecule has 16 heavy (non-hydrogen) atoms. The van der Waals surface area contributed by atoms with Crippen LogP contribution in [0.15, 0.2) is 6.07 Å². The second kappa shape index (κ2) is 4.09. The summed E-state index contributed by atoms with van der Waals surface area (Å²) < 4.78 is 10.5. The summed E-state index contributed by atoms with van der Waals surface area (Å²) in [5, 5.41) is 18.5. The molecule has 0 bridgehead atoms. The molecular weight excluding hydrogens is 236 g/mol. The highest BCUT2D eigenvalue weighted by Crippen LogP contribution is 2.43. The summed E-state index contributed by atoms with van der Waals surface area (Å²) in [5.41, 5.74) is -0.357. The van der Waals surface area contributed by atoms with Gasteiger partial charge in [0.1, 0.15) is 5.56 Å². The second-order valence-corrected chi connectivity index (χ2v) is 3.67. The molecular formula is C10H9ClO5. The van der Waals surface area contributed by atoms with Crippen molar-refractivity contribution < 1.29 is 24.5 Å². The highest BCUT2D eigenvalue weighted by molar-refractivity contribution is 6.33. The standard InChI is InChI=1S/C10H9ClO5/c11-5-4-6-9(16-3-1-2-15-6)7(8(5)12)10(13)14/h4,12H,1-3H2,(H,13,14). The van der Waals surface area contributed by atoms with Gasteiger partial charge in [0.15, 0.2) is 17.2 Å². The summed E-state index contributed by atoms with van der Waals surface area (Å²) in [5.74, 6) is -1.52. The quantitative estimate of drug-likeness (QED) is 0.789. The Kier molecular flexibility index (Phi) is 2.78. The lowest BCUT2D eigenvalue weighted by Gasteiger charge is -2.12. The molecule has 2 N–H and O–H groups in total. The molecule has 1 aliphatic heterocycles. The molecule has 1 aromatic rings. The van der Waals surface area contributed by atoms with Crippen molar-refractivity contribution in [3.05, 3.63) is 16.7 Å². The molecule has 1 heterocycles. The van der Waals surface area contributed by atoms with Gasteiger partial charge in [-0.1, -0.05) is 11.6 Å². The minimum absolute atomic E-state index is 0.0342. The zero-order chi connectivity index (χ0) is 11.7. The maximum absolute atomic E-state index is 11.0. The summed E-state index contributed by atoms with van der Waals surface area (Å²) in [7, 11) is 0. The number of aromatic hydroxyl groups is 1. The number of benzene rings is 1. The van der Waals surface area contributed by atoms with E-state index in [-0.39, 0.29) is 22.1 Å². The molecule has 86 valence electrons. The van der Waals surface area contributed by atoms with Crippen LogP contribution in [0.1, 0.15) is 16.8 Å². The van der Waals surface area contributed by atoms with Gasteiger partial charge < -0.3 is 19.7 Å². The smallest absolute Gasteiger partial charge is 0.343 e. The fourth-order valence-corrected chi connectivity index (χ4v) is 1.66. The van der Waals surface area contributed by atoms with Crippen LogP contribution in [-0.2, 0) is 0 Å². The Hall–Kier alpha value is -1.62. The Bertz CT molecular complexity index is 443. The van der Waals surface area contributed by atoms with Crippen LogP contribution >= 0.6 is 11.6 Å². The Morgan fingerprint density at radius 3 is 2.75 bits per heavy atom. The molecule has 6 heteroatoms. The lowest BCUT2D eigenvalue weighted by atomic mass is 10.1. The minimum atomic E-state index is -1.30. The highest BCUT2D eigenvalue weighted by atomic mass is 35.5. The Morgan fingerprint density at radius 1 is 1.38 bits per heavy atom.